The lowest BCUT2D eigenvalue weighted by Gasteiger charge is -2.20. The lowest BCUT2D eigenvalue weighted by Crippen LogP contribution is -2.30. The summed E-state index contributed by atoms with van der Waals surface area (Å²) < 4.78 is 32.3. The number of benzene rings is 2. The summed E-state index contributed by atoms with van der Waals surface area (Å²) in [6.45, 7) is 4.51. The Labute approximate surface area is 137 Å². The summed E-state index contributed by atoms with van der Waals surface area (Å²) in [5.41, 5.74) is 7.81. The number of methoxy groups -OCH3 is 1. The minimum Gasteiger partial charge on any atom is -0.495 e. The predicted octanol–water partition coefficient (Wildman–Crippen LogP) is 2.97. The van der Waals surface area contributed by atoms with Crippen LogP contribution in [0.5, 0.6) is 5.75 Å². The quantitative estimate of drug-likeness (QED) is 0.824. The van der Waals surface area contributed by atoms with Gasteiger partial charge in [0, 0.05) is 18.7 Å². The number of nitrogen functional groups attached to an aromatic ring is 1. The van der Waals surface area contributed by atoms with Gasteiger partial charge in [-0.3, -0.25) is 0 Å². The molecule has 5 nitrogen and oxygen atoms in total. The van der Waals surface area contributed by atoms with E-state index in [-0.39, 0.29) is 4.90 Å². The molecule has 0 spiro atoms. The Hall–Kier alpha value is -2.05. The van der Waals surface area contributed by atoms with Crippen LogP contribution in [-0.4, -0.2) is 32.9 Å². The molecular formula is C17H22N2O3S. The van der Waals surface area contributed by atoms with Gasteiger partial charge in [0.15, 0.2) is 0 Å². The fourth-order valence-corrected chi connectivity index (χ4v) is 4.21. The normalized spacial score (nSPS) is 11.7. The molecule has 0 saturated heterocycles. The van der Waals surface area contributed by atoms with Crippen LogP contribution < -0.4 is 10.5 Å². The molecule has 0 atom stereocenters. The van der Waals surface area contributed by atoms with Crippen LogP contribution in [0.2, 0.25) is 0 Å². The maximum atomic E-state index is 12.9. The SMILES string of the molecule is CCN(CC)S(=O)(=O)c1ccccc1-c1ccc(OC)c(N)c1. The van der Waals surface area contributed by atoms with Crippen molar-refractivity contribution in [3.05, 3.63) is 42.5 Å². The number of sulfonamides is 1. The van der Waals surface area contributed by atoms with Crippen LogP contribution in [0.15, 0.2) is 47.4 Å². The molecule has 0 fully saturated rings. The highest BCUT2D eigenvalue weighted by molar-refractivity contribution is 7.89. The van der Waals surface area contributed by atoms with Gasteiger partial charge in [-0.05, 0) is 23.8 Å². The van der Waals surface area contributed by atoms with E-state index in [0.717, 1.165) is 5.56 Å². The molecule has 0 saturated carbocycles. The Balaban J connectivity index is 2.61. The van der Waals surface area contributed by atoms with E-state index in [4.69, 9.17) is 10.5 Å². The fourth-order valence-electron chi connectivity index (χ4n) is 2.53. The van der Waals surface area contributed by atoms with E-state index in [1.165, 1.54) is 4.31 Å². The van der Waals surface area contributed by atoms with Crippen LogP contribution in [0.1, 0.15) is 13.8 Å². The first-order valence-corrected chi connectivity index (χ1v) is 8.92. The first kappa shape index (κ1) is 17.3. The van der Waals surface area contributed by atoms with Gasteiger partial charge in [0.25, 0.3) is 0 Å². The summed E-state index contributed by atoms with van der Waals surface area (Å²) in [5, 5.41) is 0. The van der Waals surface area contributed by atoms with Gasteiger partial charge in [-0.2, -0.15) is 4.31 Å². The Morgan fingerprint density at radius 3 is 2.30 bits per heavy atom. The maximum absolute atomic E-state index is 12.9. The Bertz CT molecular complexity index is 784. The van der Waals surface area contributed by atoms with Crippen molar-refractivity contribution < 1.29 is 13.2 Å². The largest absolute Gasteiger partial charge is 0.495 e. The number of nitrogens with zero attached hydrogens (tertiary/aromatic N) is 1. The number of hydrogen-bond acceptors (Lipinski definition) is 4. The van der Waals surface area contributed by atoms with Crippen molar-refractivity contribution in [2.24, 2.45) is 0 Å². The minimum absolute atomic E-state index is 0.285. The van der Waals surface area contributed by atoms with Gasteiger partial charge in [0.05, 0.1) is 17.7 Å². The number of rotatable bonds is 6. The van der Waals surface area contributed by atoms with Gasteiger partial charge in [-0.15, -0.1) is 0 Å². The summed E-state index contributed by atoms with van der Waals surface area (Å²) in [6, 6.07) is 12.2. The molecule has 0 heterocycles. The topological polar surface area (TPSA) is 72.6 Å². The van der Waals surface area contributed by atoms with E-state index >= 15 is 0 Å². The second kappa shape index (κ2) is 7.02. The van der Waals surface area contributed by atoms with Crippen LogP contribution in [0.25, 0.3) is 11.1 Å². The molecule has 0 aromatic heterocycles. The number of nitrogens with two attached hydrogens (primary N) is 1. The van der Waals surface area contributed by atoms with Gasteiger partial charge in [-0.1, -0.05) is 38.1 Å². The van der Waals surface area contributed by atoms with E-state index in [1.807, 2.05) is 26.0 Å². The second-order valence-corrected chi connectivity index (χ2v) is 6.95. The first-order chi connectivity index (χ1) is 11.0. The monoisotopic (exact) mass is 334 g/mol. The third kappa shape index (κ3) is 3.33. The van der Waals surface area contributed by atoms with Crippen molar-refractivity contribution in [2.75, 3.05) is 25.9 Å². The molecule has 0 aliphatic carbocycles. The Kier molecular flexibility index (Phi) is 5.28. The van der Waals surface area contributed by atoms with Crippen LogP contribution in [-0.2, 0) is 10.0 Å². The zero-order valence-electron chi connectivity index (χ0n) is 13.6. The van der Waals surface area contributed by atoms with Gasteiger partial charge in [0.2, 0.25) is 10.0 Å². The summed E-state index contributed by atoms with van der Waals surface area (Å²) in [4.78, 5) is 0.285. The summed E-state index contributed by atoms with van der Waals surface area (Å²) >= 11 is 0. The van der Waals surface area contributed by atoms with Crippen LogP contribution in [0.3, 0.4) is 0 Å². The second-order valence-electron chi connectivity index (χ2n) is 5.04. The van der Waals surface area contributed by atoms with Gasteiger partial charge in [-0.25, -0.2) is 8.42 Å². The van der Waals surface area contributed by atoms with Gasteiger partial charge < -0.3 is 10.5 Å². The smallest absolute Gasteiger partial charge is 0.243 e. The highest BCUT2D eigenvalue weighted by atomic mass is 32.2. The molecule has 124 valence electrons. The molecule has 0 aliphatic heterocycles. The van der Waals surface area contributed by atoms with Crippen LogP contribution in [0, 0.1) is 0 Å². The number of anilines is 1. The van der Waals surface area contributed by atoms with E-state index in [2.05, 4.69) is 0 Å². The van der Waals surface area contributed by atoms with E-state index in [9.17, 15) is 8.42 Å². The molecule has 0 radical (unpaired) electrons. The summed E-state index contributed by atoms with van der Waals surface area (Å²) in [6.07, 6.45) is 0. The molecule has 2 aromatic carbocycles. The highest BCUT2D eigenvalue weighted by Gasteiger charge is 2.25. The number of hydrogen-bond donors (Lipinski definition) is 1. The van der Waals surface area contributed by atoms with E-state index in [0.29, 0.717) is 30.1 Å². The molecule has 0 unspecified atom stereocenters. The van der Waals surface area contributed by atoms with Crippen molar-refractivity contribution in [1.82, 2.24) is 4.31 Å². The van der Waals surface area contributed by atoms with Gasteiger partial charge >= 0.3 is 0 Å². The van der Waals surface area contributed by atoms with Crippen molar-refractivity contribution in [3.63, 3.8) is 0 Å². The van der Waals surface area contributed by atoms with Crippen molar-refractivity contribution in [3.8, 4) is 16.9 Å². The molecule has 2 aromatic rings. The van der Waals surface area contributed by atoms with Crippen molar-refractivity contribution in [2.45, 2.75) is 18.7 Å². The molecule has 0 amide bonds. The Morgan fingerprint density at radius 2 is 1.74 bits per heavy atom. The fraction of sp³-hybridized carbons (Fsp3) is 0.294. The predicted molar refractivity (Wildman–Crippen MR) is 92.9 cm³/mol. The van der Waals surface area contributed by atoms with Crippen LogP contribution in [0.4, 0.5) is 5.69 Å². The molecule has 0 bridgehead atoms. The average Bonchev–Trinajstić information content (AvgIpc) is 2.55. The highest BCUT2D eigenvalue weighted by Crippen LogP contribution is 2.33. The third-order valence-electron chi connectivity index (χ3n) is 3.75. The van der Waals surface area contributed by atoms with Crippen molar-refractivity contribution in [1.29, 1.82) is 0 Å². The molecule has 0 aliphatic rings. The molecule has 23 heavy (non-hydrogen) atoms. The Morgan fingerprint density at radius 1 is 1.09 bits per heavy atom. The van der Waals surface area contributed by atoms with Crippen molar-refractivity contribution >= 4 is 15.7 Å². The summed E-state index contributed by atoms with van der Waals surface area (Å²) in [5.74, 6) is 0.567. The zero-order chi connectivity index (χ0) is 17.0. The zero-order valence-corrected chi connectivity index (χ0v) is 14.4. The van der Waals surface area contributed by atoms with Crippen LogP contribution >= 0.6 is 0 Å². The lowest BCUT2D eigenvalue weighted by molar-refractivity contribution is 0.417. The first-order valence-electron chi connectivity index (χ1n) is 7.48. The van der Waals surface area contributed by atoms with E-state index in [1.54, 1.807) is 37.4 Å². The minimum atomic E-state index is -3.55. The molecule has 2 N–H and O–H groups in total. The third-order valence-corrected chi connectivity index (χ3v) is 5.86. The van der Waals surface area contributed by atoms with Gasteiger partial charge in [0.1, 0.15) is 5.75 Å². The summed E-state index contributed by atoms with van der Waals surface area (Å²) in [7, 11) is -2.00. The standard InChI is InChI=1S/C17H22N2O3S/c1-4-19(5-2)23(20,21)17-9-7-6-8-14(17)13-10-11-16(22-3)15(18)12-13/h6-12H,4-5,18H2,1-3H3. The van der Waals surface area contributed by atoms with E-state index < -0.39 is 10.0 Å². The maximum Gasteiger partial charge on any atom is 0.243 e. The lowest BCUT2D eigenvalue weighted by atomic mass is 10.0. The molecule has 6 heteroatoms. The molecular weight excluding hydrogens is 312 g/mol. The molecule has 2 rings (SSSR count). The average molecular weight is 334 g/mol. The number of ether oxygens (including phenoxy) is 1.